The third-order valence-electron chi connectivity index (χ3n) is 15.1. The van der Waals surface area contributed by atoms with E-state index in [9.17, 15) is 24.3 Å². The van der Waals surface area contributed by atoms with Crippen molar-refractivity contribution >= 4 is 78.7 Å². The van der Waals surface area contributed by atoms with Gasteiger partial charge in [-0.25, -0.2) is 19.6 Å². The summed E-state index contributed by atoms with van der Waals surface area (Å²) >= 11 is 1.37. The Labute approximate surface area is 434 Å². The molecule has 20 heteroatoms. The summed E-state index contributed by atoms with van der Waals surface area (Å²) in [5.74, 6) is -1.18. The number of carbonyl (C=O) groups is 4. The van der Waals surface area contributed by atoms with Gasteiger partial charge in [-0.1, -0.05) is 47.7 Å². The molecule has 7 aromatic rings. The zero-order valence-corrected chi connectivity index (χ0v) is 42.1. The second kappa shape index (κ2) is 20.6. The zero-order chi connectivity index (χ0) is 52.0. The minimum atomic E-state index is -4.86. The van der Waals surface area contributed by atoms with Gasteiger partial charge in [-0.2, -0.15) is 18.3 Å². The molecule has 16 nitrogen and oxygen atoms in total. The molecule has 4 aliphatic rings. The second-order valence-electron chi connectivity index (χ2n) is 19.7. The van der Waals surface area contributed by atoms with Crippen LogP contribution in [0.15, 0.2) is 91.0 Å². The highest BCUT2D eigenvalue weighted by Crippen LogP contribution is 2.45. The first-order chi connectivity index (χ1) is 36.2. The fraction of sp³-hybridized carbons (Fsp3) is 0.364. The number of benzene rings is 4. The van der Waals surface area contributed by atoms with Gasteiger partial charge in [0, 0.05) is 87.0 Å². The van der Waals surface area contributed by atoms with Gasteiger partial charge in [0.1, 0.15) is 17.1 Å². The summed E-state index contributed by atoms with van der Waals surface area (Å²) < 4.78 is 54.4. The first-order valence-corrected chi connectivity index (χ1v) is 26.3. The van der Waals surface area contributed by atoms with Crippen LogP contribution in [0.25, 0.3) is 32.2 Å². The normalized spacial score (nSPS) is 18.6. The van der Waals surface area contributed by atoms with E-state index in [1.165, 1.54) is 46.6 Å². The molecule has 2 saturated heterocycles. The molecular formula is C55H55F3N10O6S. The van der Waals surface area contributed by atoms with Crippen LogP contribution < -0.4 is 30.1 Å². The van der Waals surface area contributed by atoms with Crippen LogP contribution in [-0.2, 0) is 31.0 Å². The number of pyridine rings is 1. The molecule has 388 valence electrons. The maximum Gasteiger partial charge on any atom is 0.420 e. The number of carboxylic acid groups (broad SMARTS) is 1. The Kier molecular flexibility index (Phi) is 13.6. The molecular weight excluding hydrogens is 986 g/mol. The standard InChI is InChI=1S/C55H55F3N10O6S/c1-64-43-31-35(16-19-40(43)50(63-64)68-26-23-47(69)61-54(68)73)66-29-27-65(28-30-66)24-6-7-33-14-17-36(18-15-33)74-44-12-5-9-37(48(44)55(56,57)58)38-20-21-46(60-49(38)52(71)72)67-25-22-34-8-4-10-39(41(34)32-67)51(70)62-53-59-42-11-2-3-13-45(42)75-53/h2-5,8-13,16,19-21,31,33,36H,6-7,14-15,17-18,22-30,32H2,1H3,(H,71,72)(H,59,62,70)(H,61,69,73)/t33-,36-. The number of urea groups is 1. The van der Waals surface area contributed by atoms with Gasteiger partial charge in [0.15, 0.2) is 16.6 Å². The number of carbonyl (C=O) groups excluding carboxylic acids is 3. The second-order valence-corrected chi connectivity index (χ2v) is 20.8. The van der Waals surface area contributed by atoms with Crippen molar-refractivity contribution in [3.8, 4) is 16.9 Å². The van der Waals surface area contributed by atoms with Crippen LogP contribution in [0.1, 0.15) is 82.5 Å². The van der Waals surface area contributed by atoms with Crippen molar-refractivity contribution in [1.82, 2.24) is 30.0 Å². The van der Waals surface area contributed by atoms with Crippen molar-refractivity contribution in [2.75, 3.05) is 65.8 Å². The number of rotatable bonds is 13. The summed E-state index contributed by atoms with van der Waals surface area (Å²) in [6.45, 7) is 5.47. The number of ether oxygens (including phenoxy) is 1. The lowest BCUT2D eigenvalue weighted by molar-refractivity contribution is -0.139. The number of hydrogen-bond donors (Lipinski definition) is 3. The average molecular weight is 1040 g/mol. The highest BCUT2D eigenvalue weighted by molar-refractivity contribution is 7.22. The summed E-state index contributed by atoms with van der Waals surface area (Å²) in [6.07, 6.45) is 0.403. The van der Waals surface area contributed by atoms with Crippen molar-refractivity contribution in [1.29, 1.82) is 0 Å². The van der Waals surface area contributed by atoms with Crippen LogP contribution >= 0.6 is 11.3 Å². The van der Waals surface area contributed by atoms with Crippen LogP contribution in [0.5, 0.6) is 5.75 Å². The van der Waals surface area contributed by atoms with Gasteiger partial charge in [0.2, 0.25) is 5.91 Å². The number of nitrogens with one attached hydrogen (secondary N) is 2. The number of alkyl halides is 3. The molecule has 0 unspecified atom stereocenters. The lowest BCUT2D eigenvalue weighted by atomic mass is 9.84. The van der Waals surface area contributed by atoms with E-state index >= 15 is 13.2 Å². The molecule has 0 radical (unpaired) electrons. The minimum absolute atomic E-state index is 0.172. The van der Waals surface area contributed by atoms with Crippen molar-refractivity contribution in [3.63, 3.8) is 0 Å². The molecule has 75 heavy (non-hydrogen) atoms. The molecule has 11 rings (SSSR count). The Morgan fingerprint density at radius 2 is 1.65 bits per heavy atom. The van der Waals surface area contributed by atoms with Crippen LogP contribution in [0.4, 0.5) is 40.4 Å². The number of aromatic nitrogens is 4. The van der Waals surface area contributed by atoms with Crippen LogP contribution in [0, 0.1) is 5.92 Å². The van der Waals surface area contributed by atoms with Crippen molar-refractivity contribution in [2.24, 2.45) is 13.0 Å². The fourth-order valence-corrected chi connectivity index (χ4v) is 12.0. The molecule has 0 atom stereocenters. The quantitative estimate of drug-likeness (QED) is 0.0998. The third-order valence-corrected chi connectivity index (χ3v) is 16.0. The van der Waals surface area contributed by atoms with Gasteiger partial charge in [0.05, 0.1) is 21.8 Å². The highest BCUT2D eigenvalue weighted by atomic mass is 32.1. The molecule has 3 N–H and O–H groups in total. The number of aromatic carboxylic acids is 1. The molecule has 3 aromatic heterocycles. The number of amides is 4. The number of thiazole rings is 1. The predicted octanol–water partition coefficient (Wildman–Crippen LogP) is 9.76. The number of piperazine rings is 1. The number of aryl methyl sites for hydroxylation is 1. The summed E-state index contributed by atoms with van der Waals surface area (Å²) in [6, 6.07) is 25.8. The van der Waals surface area contributed by atoms with E-state index < -0.39 is 35.5 Å². The number of fused-ring (bicyclic) bond motifs is 3. The van der Waals surface area contributed by atoms with E-state index in [1.807, 2.05) is 54.4 Å². The van der Waals surface area contributed by atoms with Gasteiger partial charge in [-0.15, -0.1) is 0 Å². The minimum Gasteiger partial charge on any atom is -0.490 e. The van der Waals surface area contributed by atoms with E-state index in [1.54, 1.807) is 10.7 Å². The van der Waals surface area contributed by atoms with E-state index in [-0.39, 0.29) is 54.0 Å². The topological polar surface area (TPSA) is 178 Å². The molecule has 4 aromatic carbocycles. The van der Waals surface area contributed by atoms with E-state index in [0.717, 1.165) is 96.3 Å². The number of para-hydroxylation sites is 1. The fourth-order valence-electron chi connectivity index (χ4n) is 11.2. The van der Waals surface area contributed by atoms with Gasteiger partial charge in [-0.05, 0) is 123 Å². The predicted molar refractivity (Wildman–Crippen MR) is 281 cm³/mol. The van der Waals surface area contributed by atoms with Gasteiger partial charge < -0.3 is 19.6 Å². The summed E-state index contributed by atoms with van der Waals surface area (Å²) in [5.41, 5.74) is 2.87. The molecule has 1 aliphatic carbocycles. The number of carboxylic acids is 1. The van der Waals surface area contributed by atoms with Gasteiger partial charge in [-0.3, -0.25) is 34.7 Å². The van der Waals surface area contributed by atoms with E-state index in [2.05, 4.69) is 47.6 Å². The molecule has 1 saturated carbocycles. The molecule has 4 amide bonds. The van der Waals surface area contributed by atoms with Crippen LogP contribution in [0.3, 0.4) is 0 Å². The highest BCUT2D eigenvalue weighted by Gasteiger charge is 2.40. The lowest BCUT2D eigenvalue weighted by Crippen LogP contribution is -2.49. The molecule has 0 spiro atoms. The van der Waals surface area contributed by atoms with Crippen molar-refractivity contribution in [3.05, 3.63) is 119 Å². The number of halogens is 3. The van der Waals surface area contributed by atoms with Crippen molar-refractivity contribution in [2.45, 2.75) is 70.2 Å². The third kappa shape index (κ3) is 10.3. The summed E-state index contributed by atoms with van der Waals surface area (Å²) in [5, 5.41) is 21.7. The molecule has 0 bridgehead atoms. The van der Waals surface area contributed by atoms with Crippen molar-refractivity contribution < 1.29 is 42.2 Å². The number of hydrogen-bond acceptors (Lipinski definition) is 12. The number of nitrogens with zero attached hydrogens (tertiary/aromatic N) is 8. The summed E-state index contributed by atoms with van der Waals surface area (Å²) in [7, 11) is 1.85. The Morgan fingerprint density at radius 1 is 0.853 bits per heavy atom. The monoisotopic (exact) mass is 1040 g/mol. The number of imide groups is 1. The Morgan fingerprint density at radius 3 is 2.43 bits per heavy atom. The van der Waals surface area contributed by atoms with E-state index in [4.69, 9.17) is 4.74 Å². The van der Waals surface area contributed by atoms with Crippen LogP contribution in [0.2, 0.25) is 0 Å². The maximum atomic E-state index is 15.2. The Hall–Kier alpha value is -7.58. The SMILES string of the molecule is Cn1nc(N2CCC(=O)NC2=O)c2ccc(N3CCN(CCC[C@H]4CC[C@H](Oc5cccc(-c6ccc(N7CCc8cccc(C(=O)Nc9nc%10ccccc%10s9)c8C7)nc6C(=O)O)c5C(F)(F)F)CC4)CC3)cc21. The Bertz CT molecular complexity index is 3310. The number of anilines is 4. The zero-order valence-electron chi connectivity index (χ0n) is 41.2. The van der Waals surface area contributed by atoms with Gasteiger partial charge >= 0.3 is 18.2 Å². The largest absolute Gasteiger partial charge is 0.490 e. The first-order valence-electron chi connectivity index (χ1n) is 25.4. The smallest absolute Gasteiger partial charge is 0.420 e. The molecule has 3 aliphatic heterocycles. The average Bonchev–Trinajstić information content (AvgIpc) is 3.97. The van der Waals surface area contributed by atoms with Crippen LogP contribution in [-0.4, -0.2) is 105 Å². The van der Waals surface area contributed by atoms with E-state index in [0.29, 0.717) is 48.2 Å². The lowest BCUT2D eigenvalue weighted by Gasteiger charge is -2.36. The maximum absolute atomic E-state index is 15.2. The van der Waals surface area contributed by atoms with Gasteiger partial charge in [0.25, 0.3) is 5.91 Å². The molecule has 3 fully saturated rings. The first kappa shape index (κ1) is 49.6. The Balaban J connectivity index is 0.694. The molecule has 6 heterocycles. The summed E-state index contributed by atoms with van der Waals surface area (Å²) in [4.78, 5) is 67.9.